The fraction of sp³-hybridized carbons (Fsp3) is 1.00. The number of rotatable bonds is 1. The zero-order chi connectivity index (χ0) is 6.08. The molecular formula is C4H11NO2. The number of hydrogen-bond donors (Lipinski definition) is 2. The van der Waals surface area contributed by atoms with E-state index in [0.717, 1.165) is 0 Å². The lowest BCUT2D eigenvalue weighted by molar-refractivity contribution is -0.234. The second-order valence-corrected chi connectivity index (χ2v) is 1.87. The molecule has 0 aliphatic rings. The Morgan fingerprint density at radius 3 is 1.43 bits per heavy atom. The van der Waals surface area contributed by atoms with Gasteiger partial charge in [-0.1, -0.05) is 0 Å². The summed E-state index contributed by atoms with van der Waals surface area (Å²) in [7, 11) is 3.17. The van der Waals surface area contributed by atoms with Crippen LogP contribution in [0, 0.1) is 0 Å². The van der Waals surface area contributed by atoms with Gasteiger partial charge in [-0.15, -0.1) is 0 Å². The molecule has 2 N–H and O–H groups in total. The van der Waals surface area contributed by atoms with Crippen molar-refractivity contribution in [3.8, 4) is 0 Å². The van der Waals surface area contributed by atoms with Crippen molar-refractivity contribution in [1.29, 1.82) is 0 Å². The summed E-state index contributed by atoms with van der Waals surface area (Å²) in [5.41, 5.74) is 0. The summed E-state index contributed by atoms with van der Waals surface area (Å²) in [4.78, 5) is 1.30. The van der Waals surface area contributed by atoms with Crippen molar-refractivity contribution in [2.24, 2.45) is 0 Å². The summed E-state index contributed by atoms with van der Waals surface area (Å²) in [5.74, 6) is -1.67. The molecule has 0 spiro atoms. The maximum Gasteiger partial charge on any atom is 0.221 e. The molecule has 0 atom stereocenters. The minimum absolute atomic E-state index is 1.30. The van der Waals surface area contributed by atoms with Gasteiger partial charge in [-0.05, 0) is 14.1 Å². The van der Waals surface area contributed by atoms with Gasteiger partial charge < -0.3 is 10.2 Å². The molecular weight excluding hydrogens is 94.0 g/mol. The fourth-order valence-electron chi connectivity index (χ4n) is 0. The summed E-state index contributed by atoms with van der Waals surface area (Å²) >= 11 is 0. The third-order valence-corrected chi connectivity index (χ3v) is 0.847. The molecule has 0 fully saturated rings. The first-order valence-electron chi connectivity index (χ1n) is 2.07. The van der Waals surface area contributed by atoms with Crippen LogP contribution in [0.25, 0.3) is 0 Å². The van der Waals surface area contributed by atoms with E-state index in [-0.39, 0.29) is 0 Å². The van der Waals surface area contributed by atoms with Gasteiger partial charge in [0.05, 0.1) is 0 Å². The predicted molar refractivity (Wildman–Crippen MR) is 26.5 cm³/mol. The number of nitrogens with zero attached hydrogens (tertiary/aromatic N) is 1. The van der Waals surface area contributed by atoms with E-state index in [2.05, 4.69) is 0 Å². The maximum atomic E-state index is 8.58. The zero-order valence-electron chi connectivity index (χ0n) is 4.84. The first-order chi connectivity index (χ1) is 2.94. The summed E-state index contributed by atoms with van der Waals surface area (Å²) in [6, 6.07) is 0. The summed E-state index contributed by atoms with van der Waals surface area (Å²) in [5, 5.41) is 17.2. The molecule has 7 heavy (non-hydrogen) atoms. The second-order valence-electron chi connectivity index (χ2n) is 1.87. The Labute approximate surface area is 43.2 Å². The van der Waals surface area contributed by atoms with E-state index in [9.17, 15) is 0 Å². The van der Waals surface area contributed by atoms with Crippen LogP contribution in [0.3, 0.4) is 0 Å². The third-order valence-electron chi connectivity index (χ3n) is 0.847. The van der Waals surface area contributed by atoms with Crippen molar-refractivity contribution < 1.29 is 10.2 Å². The standard InChI is InChI=1S/C4H11NO2/c1-4(6,7)5(2)3/h6-7H,1-3H3. The highest BCUT2D eigenvalue weighted by Gasteiger charge is 2.16. The molecule has 0 heterocycles. The third kappa shape index (κ3) is 2.56. The Kier molecular flexibility index (Phi) is 1.75. The van der Waals surface area contributed by atoms with Crippen LogP contribution in [-0.4, -0.2) is 35.1 Å². The average molecular weight is 105 g/mol. The van der Waals surface area contributed by atoms with Gasteiger partial charge in [0.15, 0.2) is 0 Å². The molecule has 0 saturated carbocycles. The first kappa shape index (κ1) is 6.88. The monoisotopic (exact) mass is 105 g/mol. The Hall–Kier alpha value is -0.120. The molecule has 0 unspecified atom stereocenters. The molecule has 0 aromatic rings. The highest BCUT2D eigenvalue weighted by atomic mass is 16.5. The van der Waals surface area contributed by atoms with Gasteiger partial charge in [0, 0.05) is 6.92 Å². The van der Waals surface area contributed by atoms with Crippen LogP contribution < -0.4 is 0 Å². The Morgan fingerprint density at radius 2 is 1.43 bits per heavy atom. The van der Waals surface area contributed by atoms with Crippen molar-refractivity contribution in [1.82, 2.24) is 4.90 Å². The van der Waals surface area contributed by atoms with Crippen molar-refractivity contribution in [2.45, 2.75) is 12.8 Å². The van der Waals surface area contributed by atoms with Crippen LogP contribution in [0.1, 0.15) is 6.92 Å². The molecule has 0 bridgehead atoms. The van der Waals surface area contributed by atoms with E-state index in [4.69, 9.17) is 10.2 Å². The van der Waals surface area contributed by atoms with Crippen LogP contribution in [-0.2, 0) is 0 Å². The van der Waals surface area contributed by atoms with Crippen LogP contribution in [0.2, 0.25) is 0 Å². The molecule has 0 aliphatic heterocycles. The van der Waals surface area contributed by atoms with Crippen molar-refractivity contribution >= 4 is 0 Å². The Bertz CT molecular complexity index is 55.2. The lowest BCUT2D eigenvalue weighted by Gasteiger charge is -2.23. The second kappa shape index (κ2) is 1.78. The van der Waals surface area contributed by atoms with Gasteiger partial charge in [-0.3, -0.25) is 4.90 Å². The molecule has 0 aliphatic carbocycles. The van der Waals surface area contributed by atoms with Gasteiger partial charge in [-0.25, -0.2) is 0 Å². The largest absolute Gasteiger partial charge is 0.353 e. The van der Waals surface area contributed by atoms with Crippen molar-refractivity contribution in [3.05, 3.63) is 0 Å². The van der Waals surface area contributed by atoms with Crippen molar-refractivity contribution in [2.75, 3.05) is 14.1 Å². The topological polar surface area (TPSA) is 43.7 Å². The summed E-state index contributed by atoms with van der Waals surface area (Å²) in [6.07, 6.45) is 0. The Balaban J connectivity index is 3.54. The first-order valence-corrected chi connectivity index (χ1v) is 2.07. The smallest absolute Gasteiger partial charge is 0.221 e. The average Bonchev–Trinajstić information content (AvgIpc) is 1.31. The molecule has 0 amide bonds. The van der Waals surface area contributed by atoms with Gasteiger partial charge >= 0.3 is 0 Å². The lowest BCUT2D eigenvalue weighted by Crippen LogP contribution is -2.40. The molecule has 3 heteroatoms. The van der Waals surface area contributed by atoms with E-state index < -0.39 is 5.91 Å². The number of hydrogen-bond acceptors (Lipinski definition) is 3. The van der Waals surface area contributed by atoms with E-state index in [1.165, 1.54) is 11.8 Å². The van der Waals surface area contributed by atoms with Gasteiger partial charge in [-0.2, -0.15) is 0 Å². The van der Waals surface area contributed by atoms with Crippen LogP contribution >= 0.6 is 0 Å². The van der Waals surface area contributed by atoms with Crippen LogP contribution in [0.5, 0.6) is 0 Å². The molecule has 0 saturated heterocycles. The van der Waals surface area contributed by atoms with Gasteiger partial charge in [0.1, 0.15) is 0 Å². The normalized spacial score (nSPS) is 12.9. The predicted octanol–water partition coefficient (Wildman–Crippen LogP) is -0.794. The lowest BCUT2D eigenvalue weighted by atomic mass is 10.5. The van der Waals surface area contributed by atoms with Gasteiger partial charge in [0.25, 0.3) is 0 Å². The summed E-state index contributed by atoms with van der Waals surface area (Å²) < 4.78 is 0. The van der Waals surface area contributed by atoms with E-state index in [1.807, 2.05) is 0 Å². The van der Waals surface area contributed by atoms with E-state index >= 15 is 0 Å². The quantitative estimate of drug-likeness (QED) is 0.429. The molecule has 0 rings (SSSR count). The summed E-state index contributed by atoms with van der Waals surface area (Å²) in [6.45, 7) is 1.30. The van der Waals surface area contributed by atoms with Crippen molar-refractivity contribution in [3.63, 3.8) is 0 Å². The zero-order valence-corrected chi connectivity index (χ0v) is 4.84. The number of aliphatic hydroxyl groups is 2. The molecule has 0 aromatic carbocycles. The van der Waals surface area contributed by atoms with Crippen LogP contribution in [0.4, 0.5) is 0 Å². The maximum absolute atomic E-state index is 8.58. The molecule has 3 nitrogen and oxygen atoms in total. The van der Waals surface area contributed by atoms with Gasteiger partial charge in [0.2, 0.25) is 5.91 Å². The highest BCUT2D eigenvalue weighted by Crippen LogP contribution is 1.97. The highest BCUT2D eigenvalue weighted by molar-refractivity contribution is 4.47. The SMILES string of the molecule is CN(C)C(C)(O)O. The molecule has 0 radical (unpaired) electrons. The van der Waals surface area contributed by atoms with Crippen LogP contribution in [0.15, 0.2) is 0 Å². The fourth-order valence-corrected chi connectivity index (χ4v) is 0. The minimum atomic E-state index is -1.67. The van der Waals surface area contributed by atoms with E-state index in [0.29, 0.717) is 0 Å². The minimum Gasteiger partial charge on any atom is -0.353 e. The Morgan fingerprint density at radius 1 is 1.29 bits per heavy atom. The molecule has 0 aromatic heterocycles. The molecule has 44 valence electrons. The van der Waals surface area contributed by atoms with E-state index in [1.54, 1.807) is 14.1 Å².